The standard InChI is InChI=1S/C16H21ClN4O2/c1-11-5-4-6-14(12(2)21-22-3)15(11)10-23-20-9-13(18)7-8-16(17)19/h4-9,19-20H,10,18H2,1-3H3/b8-7-,13-9+,19-16?,21-12-. The Morgan fingerprint density at radius 1 is 1.43 bits per heavy atom. The van der Waals surface area contributed by atoms with Gasteiger partial charge in [0.25, 0.3) is 0 Å². The zero-order valence-corrected chi connectivity index (χ0v) is 14.1. The summed E-state index contributed by atoms with van der Waals surface area (Å²) in [5.41, 5.74) is 12.6. The third-order valence-electron chi connectivity index (χ3n) is 2.98. The van der Waals surface area contributed by atoms with Crippen molar-refractivity contribution in [1.29, 1.82) is 5.41 Å². The van der Waals surface area contributed by atoms with Crippen molar-refractivity contribution in [1.82, 2.24) is 5.48 Å². The van der Waals surface area contributed by atoms with Gasteiger partial charge in [-0.05, 0) is 37.1 Å². The summed E-state index contributed by atoms with van der Waals surface area (Å²) in [7, 11) is 1.51. The van der Waals surface area contributed by atoms with Crippen LogP contribution in [0.1, 0.15) is 23.6 Å². The van der Waals surface area contributed by atoms with Crippen molar-refractivity contribution >= 4 is 22.5 Å². The molecule has 1 aromatic carbocycles. The SMILES string of the molecule is CO/N=C(/C)c1cccc(C)c1CON/C=C(N)\C=C/C(=N)Cl. The van der Waals surface area contributed by atoms with Gasteiger partial charge in [0.15, 0.2) is 0 Å². The van der Waals surface area contributed by atoms with Crippen LogP contribution >= 0.6 is 11.6 Å². The summed E-state index contributed by atoms with van der Waals surface area (Å²) < 4.78 is 0. The fourth-order valence-electron chi connectivity index (χ4n) is 1.86. The highest BCUT2D eigenvalue weighted by Crippen LogP contribution is 2.16. The van der Waals surface area contributed by atoms with Crippen LogP contribution < -0.4 is 11.2 Å². The second-order valence-corrected chi connectivity index (χ2v) is 5.10. The molecule has 6 nitrogen and oxygen atoms in total. The summed E-state index contributed by atoms with van der Waals surface area (Å²) in [5.74, 6) is 0. The molecule has 0 aliphatic heterocycles. The normalized spacial score (nSPS) is 12.5. The number of nitrogens with zero attached hydrogens (tertiary/aromatic N) is 1. The summed E-state index contributed by atoms with van der Waals surface area (Å²) in [5, 5.41) is 10.9. The first-order chi connectivity index (χ1) is 11.0. The molecule has 23 heavy (non-hydrogen) atoms. The maximum Gasteiger partial charge on any atom is 0.120 e. The first-order valence-corrected chi connectivity index (χ1v) is 7.25. The highest BCUT2D eigenvalue weighted by atomic mass is 35.5. The van der Waals surface area contributed by atoms with Gasteiger partial charge in [-0.1, -0.05) is 35.0 Å². The minimum absolute atomic E-state index is 0.0975. The van der Waals surface area contributed by atoms with Gasteiger partial charge in [0, 0.05) is 17.5 Å². The number of nitrogens with one attached hydrogen (secondary N) is 2. The van der Waals surface area contributed by atoms with Crippen molar-refractivity contribution in [2.75, 3.05) is 7.11 Å². The molecule has 0 saturated heterocycles. The molecule has 0 radical (unpaired) electrons. The minimum atomic E-state index is -0.0975. The largest absolute Gasteiger partial charge is 0.399 e. The van der Waals surface area contributed by atoms with E-state index in [1.807, 2.05) is 32.0 Å². The first kappa shape index (κ1) is 18.7. The van der Waals surface area contributed by atoms with Gasteiger partial charge < -0.3 is 10.6 Å². The second kappa shape index (κ2) is 9.66. The number of hydrogen-bond donors (Lipinski definition) is 3. The lowest BCUT2D eigenvalue weighted by Crippen LogP contribution is -2.13. The fraction of sp³-hybridized carbons (Fsp3) is 0.250. The van der Waals surface area contributed by atoms with E-state index in [4.69, 9.17) is 32.4 Å². The molecule has 0 atom stereocenters. The molecule has 0 aliphatic carbocycles. The summed E-state index contributed by atoms with van der Waals surface area (Å²) >= 11 is 5.39. The topological polar surface area (TPSA) is 92.7 Å². The highest BCUT2D eigenvalue weighted by Gasteiger charge is 2.09. The van der Waals surface area contributed by atoms with Crippen molar-refractivity contribution in [3.8, 4) is 0 Å². The van der Waals surface area contributed by atoms with E-state index in [1.54, 1.807) is 0 Å². The van der Waals surface area contributed by atoms with Crippen LogP contribution in [0.4, 0.5) is 0 Å². The minimum Gasteiger partial charge on any atom is -0.399 e. The number of oxime groups is 1. The maximum absolute atomic E-state index is 7.06. The molecule has 0 fully saturated rings. The average Bonchev–Trinajstić information content (AvgIpc) is 2.50. The van der Waals surface area contributed by atoms with Crippen molar-refractivity contribution in [2.45, 2.75) is 20.5 Å². The lowest BCUT2D eigenvalue weighted by atomic mass is 10.00. The van der Waals surface area contributed by atoms with Crippen LogP contribution in [-0.2, 0) is 16.3 Å². The maximum atomic E-state index is 7.06. The number of benzene rings is 1. The smallest absolute Gasteiger partial charge is 0.120 e. The number of nitrogens with two attached hydrogens (primary N) is 1. The van der Waals surface area contributed by atoms with E-state index in [0.29, 0.717) is 12.3 Å². The van der Waals surface area contributed by atoms with E-state index in [1.165, 1.54) is 25.5 Å². The van der Waals surface area contributed by atoms with E-state index in [-0.39, 0.29) is 5.17 Å². The Balaban J connectivity index is 2.73. The van der Waals surface area contributed by atoms with E-state index in [2.05, 4.69) is 10.6 Å². The Labute approximate surface area is 141 Å². The summed E-state index contributed by atoms with van der Waals surface area (Å²) in [6.07, 6.45) is 4.35. The predicted molar refractivity (Wildman–Crippen MR) is 93.3 cm³/mol. The van der Waals surface area contributed by atoms with Gasteiger partial charge in [-0.3, -0.25) is 15.7 Å². The number of hydrogen-bond acceptors (Lipinski definition) is 6. The Kier molecular flexibility index (Phi) is 7.87. The molecule has 7 heteroatoms. The van der Waals surface area contributed by atoms with Gasteiger partial charge in [0.1, 0.15) is 18.9 Å². The summed E-state index contributed by atoms with van der Waals surface area (Å²) in [6, 6.07) is 5.92. The molecule has 0 unspecified atom stereocenters. The van der Waals surface area contributed by atoms with E-state index >= 15 is 0 Å². The lowest BCUT2D eigenvalue weighted by molar-refractivity contribution is 0.0567. The molecule has 0 bridgehead atoms. The van der Waals surface area contributed by atoms with Gasteiger partial charge in [0.2, 0.25) is 0 Å². The van der Waals surface area contributed by atoms with Crippen LogP contribution in [-0.4, -0.2) is 18.0 Å². The molecule has 124 valence electrons. The lowest BCUT2D eigenvalue weighted by Gasteiger charge is -2.12. The third-order valence-corrected chi connectivity index (χ3v) is 3.10. The number of hydroxylamine groups is 1. The number of allylic oxidation sites excluding steroid dienone is 2. The second-order valence-electron chi connectivity index (χ2n) is 4.69. The molecule has 0 spiro atoms. The molecular weight excluding hydrogens is 316 g/mol. The molecule has 0 aliphatic rings. The molecule has 0 saturated carbocycles. The quantitative estimate of drug-likeness (QED) is 0.294. The van der Waals surface area contributed by atoms with E-state index in [0.717, 1.165) is 22.4 Å². The van der Waals surface area contributed by atoms with Gasteiger partial charge in [-0.15, -0.1) is 0 Å². The molecule has 0 amide bonds. The predicted octanol–water partition coefficient (Wildman–Crippen LogP) is 2.96. The summed E-state index contributed by atoms with van der Waals surface area (Å²) in [4.78, 5) is 10.3. The highest BCUT2D eigenvalue weighted by molar-refractivity contribution is 6.67. The van der Waals surface area contributed by atoms with Crippen molar-refractivity contribution in [2.24, 2.45) is 10.9 Å². The van der Waals surface area contributed by atoms with E-state index in [9.17, 15) is 0 Å². The zero-order chi connectivity index (χ0) is 17.2. The Morgan fingerprint density at radius 3 is 2.83 bits per heavy atom. The van der Waals surface area contributed by atoms with Crippen molar-refractivity contribution in [3.63, 3.8) is 0 Å². The Hall–Kier alpha value is -2.31. The number of rotatable bonds is 8. The van der Waals surface area contributed by atoms with Crippen LogP contribution in [0.15, 0.2) is 47.4 Å². The average molecular weight is 337 g/mol. The van der Waals surface area contributed by atoms with Crippen molar-refractivity contribution in [3.05, 3.63) is 58.9 Å². The van der Waals surface area contributed by atoms with Crippen molar-refractivity contribution < 1.29 is 9.68 Å². The molecular formula is C16H21ClN4O2. The van der Waals surface area contributed by atoms with Gasteiger partial charge in [-0.25, -0.2) is 0 Å². The van der Waals surface area contributed by atoms with Crippen LogP contribution in [0.25, 0.3) is 0 Å². The molecule has 0 aromatic heterocycles. The molecule has 0 heterocycles. The fourth-order valence-corrected chi connectivity index (χ4v) is 1.92. The van der Waals surface area contributed by atoms with Gasteiger partial charge >= 0.3 is 0 Å². The number of aryl methyl sites for hydroxylation is 1. The molecule has 4 N–H and O–H groups in total. The first-order valence-electron chi connectivity index (χ1n) is 6.87. The van der Waals surface area contributed by atoms with E-state index < -0.39 is 0 Å². The Morgan fingerprint density at radius 2 is 2.17 bits per heavy atom. The molecule has 1 aromatic rings. The van der Waals surface area contributed by atoms with Crippen LogP contribution in [0.5, 0.6) is 0 Å². The van der Waals surface area contributed by atoms with Gasteiger partial charge in [0.05, 0.1) is 5.71 Å². The summed E-state index contributed by atoms with van der Waals surface area (Å²) in [6.45, 7) is 4.21. The third kappa shape index (κ3) is 6.54. The Bertz CT molecular complexity index is 639. The van der Waals surface area contributed by atoms with Crippen LogP contribution in [0.2, 0.25) is 0 Å². The van der Waals surface area contributed by atoms with Gasteiger partial charge in [-0.2, -0.15) is 0 Å². The zero-order valence-electron chi connectivity index (χ0n) is 13.4. The van der Waals surface area contributed by atoms with Crippen LogP contribution in [0.3, 0.4) is 0 Å². The molecule has 1 rings (SSSR count). The number of halogens is 1. The monoisotopic (exact) mass is 336 g/mol. The van der Waals surface area contributed by atoms with Crippen LogP contribution in [0, 0.1) is 12.3 Å².